The lowest BCUT2D eigenvalue weighted by atomic mass is 9.77. The largest absolute Gasteiger partial charge is 0.673 e. The molecular formula is C29H36BF4N. The van der Waals surface area contributed by atoms with Crippen LogP contribution in [0.25, 0.3) is 10.8 Å². The summed E-state index contributed by atoms with van der Waals surface area (Å²) in [6.07, 6.45) is 3.62. The van der Waals surface area contributed by atoms with Gasteiger partial charge in [0.25, 0.3) is 0 Å². The van der Waals surface area contributed by atoms with Gasteiger partial charge in [0.1, 0.15) is 0 Å². The molecule has 188 valence electrons. The highest BCUT2D eigenvalue weighted by Gasteiger charge is 2.50. The van der Waals surface area contributed by atoms with Crippen molar-refractivity contribution in [3.63, 3.8) is 0 Å². The van der Waals surface area contributed by atoms with Crippen molar-refractivity contribution in [1.29, 1.82) is 0 Å². The van der Waals surface area contributed by atoms with Gasteiger partial charge in [0.2, 0.25) is 5.69 Å². The number of hydrogen-bond donors (Lipinski definition) is 0. The van der Waals surface area contributed by atoms with E-state index in [0.717, 1.165) is 6.42 Å². The van der Waals surface area contributed by atoms with Crippen molar-refractivity contribution >= 4 is 29.9 Å². The van der Waals surface area contributed by atoms with Crippen molar-refractivity contribution in [2.24, 2.45) is 0 Å². The summed E-state index contributed by atoms with van der Waals surface area (Å²) in [5.74, 6) is 0.992. The molecular weight excluding hydrogens is 449 g/mol. The first-order valence-electron chi connectivity index (χ1n) is 12.3. The van der Waals surface area contributed by atoms with E-state index in [1.54, 1.807) is 0 Å². The predicted octanol–water partition coefficient (Wildman–Crippen LogP) is 9.24. The van der Waals surface area contributed by atoms with Gasteiger partial charge in [0.15, 0.2) is 11.8 Å². The molecule has 1 unspecified atom stereocenters. The van der Waals surface area contributed by atoms with Crippen LogP contribution in [0.3, 0.4) is 0 Å². The number of benzene rings is 3. The molecule has 1 atom stereocenters. The minimum atomic E-state index is -6.00. The molecule has 0 saturated heterocycles. The van der Waals surface area contributed by atoms with Gasteiger partial charge in [-0.25, -0.2) is 0 Å². The summed E-state index contributed by atoms with van der Waals surface area (Å²) < 4.78 is 41.6. The van der Waals surface area contributed by atoms with Crippen LogP contribution >= 0.6 is 0 Å². The summed E-state index contributed by atoms with van der Waals surface area (Å²) in [6.45, 7) is 16.5. The first-order valence-corrected chi connectivity index (χ1v) is 12.3. The Morgan fingerprint density at radius 2 is 1.26 bits per heavy atom. The van der Waals surface area contributed by atoms with Gasteiger partial charge in [-0.3, -0.25) is 0 Å². The molecule has 0 aromatic heterocycles. The molecule has 0 saturated carbocycles. The van der Waals surface area contributed by atoms with Gasteiger partial charge in [-0.15, -0.1) is 0 Å². The lowest BCUT2D eigenvalue weighted by Crippen LogP contribution is -2.31. The highest BCUT2D eigenvalue weighted by molar-refractivity contribution is 6.50. The van der Waals surface area contributed by atoms with Gasteiger partial charge in [-0.2, -0.15) is 4.58 Å². The van der Waals surface area contributed by atoms with Crippen molar-refractivity contribution in [2.45, 2.75) is 77.7 Å². The molecule has 1 nitrogen and oxygen atoms in total. The van der Waals surface area contributed by atoms with Gasteiger partial charge >= 0.3 is 7.25 Å². The van der Waals surface area contributed by atoms with Gasteiger partial charge in [0, 0.05) is 31.4 Å². The average molecular weight is 485 g/mol. The Morgan fingerprint density at radius 3 is 1.77 bits per heavy atom. The second kappa shape index (κ2) is 9.79. The Bertz CT molecular complexity index is 1190. The van der Waals surface area contributed by atoms with E-state index < -0.39 is 7.25 Å². The zero-order valence-electron chi connectivity index (χ0n) is 21.7. The van der Waals surface area contributed by atoms with Crippen LogP contribution in [-0.2, 0) is 5.41 Å². The molecule has 6 heteroatoms. The van der Waals surface area contributed by atoms with E-state index in [0.29, 0.717) is 11.8 Å². The Morgan fingerprint density at radius 1 is 0.743 bits per heavy atom. The highest BCUT2D eigenvalue weighted by Crippen LogP contribution is 2.45. The Hall–Kier alpha value is -2.63. The van der Waals surface area contributed by atoms with Crippen LogP contribution in [0.15, 0.2) is 60.7 Å². The summed E-state index contributed by atoms with van der Waals surface area (Å²) in [5.41, 5.74) is 5.80. The maximum absolute atomic E-state index is 9.75. The van der Waals surface area contributed by atoms with E-state index in [1.807, 2.05) is 0 Å². The monoisotopic (exact) mass is 485 g/mol. The lowest BCUT2D eigenvalue weighted by Gasteiger charge is -2.24. The molecule has 1 heterocycles. The van der Waals surface area contributed by atoms with Crippen molar-refractivity contribution in [1.82, 2.24) is 0 Å². The summed E-state index contributed by atoms with van der Waals surface area (Å²) >= 11 is 0. The second-order valence-electron chi connectivity index (χ2n) is 11.1. The lowest BCUT2D eigenvalue weighted by molar-refractivity contribution is -0.513. The van der Waals surface area contributed by atoms with Crippen molar-refractivity contribution < 1.29 is 21.8 Å². The number of fused-ring (bicyclic) bond motifs is 1. The number of hydrogen-bond acceptors (Lipinski definition) is 0. The van der Waals surface area contributed by atoms with E-state index in [4.69, 9.17) is 0 Å². The molecule has 0 N–H and O–H groups in total. The summed E-state index contributed by atoms with van der Waals surface area (Å²) in [4.78, 5) is 0. The van der Waals surface area contributed by atoms with Crippen LogP contribution < -0.4 is 0 Å². The van der Waals surface area contributed by atoms with Gasteiger partial charge < -0.3 is 17.3 Å². The van der Waals surface area contributed by atoms with Gasteiger partial charge in [-0.05, 0) is 35.1 Å². The van der Waals surface area contributed by atoms with E-state index in [1.165, 1.54) is 33.2 Å². The Kier molecular flexibility index (Phi) is 7.54. The first-order chi connectivity index (χ1) is 16.1. The molecule has 35 heavy (non-hydrogen) atoms. The number of para-hydroxylation sites is 1. The number of nitrogens with zero attached hydrogens (tertiary/aromatic N) is 1. The molecule has 0 aliphatic carbocycles. The second-order valence-corrected chi connectivity index (χ2v) is 11.1. The molecule has 1 aliphatic rings. The molecule has 3 aromatic rings. The third-order valence-electron chi connectivity index (χ3n) is 6.86. The molecule has 0 bridgehead atoms. The molecule has 0 radical (unpaired) electrons. The summed E-state index contributed by atoms with van der Waals surface area (Å²) in [6, 6.07) is 22.6. The fraction of sp³-hybridized carbons (Fsp3) is 0.414. The normalized spacial score (nSPS) is 19.6. The maximum Gasteiger partial charge on any atom is 0.673 e. The zero-order valence-corrected chi connectivity index (χ0v) is 21.7. The van der Waals surface area contributed by atoms with E-state index >= 15 is 0 Å². The predicted molar refractivity (Wildman–Crippen MR) is 141 cm³/mol. The fourth-order valence-corrected chi connectivity index (χ4v) is 5.37. The Labute approximate surface area is 207 Å². The molecule has 4 rings (SSSR count). The molecule has 1 aliphatic heterocycles. The third kappa shape index (κ3) is 6.15. The fourth-order valence-electron chi connectivity index (χ4n) is 5.37. The van der Waals surface area contributed by atoms with Crippen molar-refractivity contribution in [3.8, 4) is 0 Å². The van der Waals surface area contributed by atoms with Crippen LogP contribution in [0.5, 0.6) is 0 Å². The quantitative estimate of drug-likeness (QED) is 0.197. The summed E-state index contributed by atoms with van der Waals surface area (Å²) in [5, 5.41) is 2.64. The minimum absolute atomic E-state index is 0.00583. The van der Waals surface area contributed by atoms with E-state index in [2.05, 4.69) is 120 Å². The molecule has 0 amide bonds. The zero-order chi connectivity index (χ0) is 26.2. The third-order valence-corrected chi connectivity index (χ3v) is 6.86. The van der Waals surface area contributed by atoms with Crippen LogP contribution in [-0.4, -0.2) is 23.6 Å². The average Bonchev–Trinajstić information content (AvgIpc) is 3.01. The molecule has 0 spiro atoms. The van der Waals surface area contributed by atoms with Crippen LogP contribution in [0, 0.1) is 0 Å². The van der Waals surface area contributed by atoms with Gasteiger partial charge in [0.05, 0.1) is 5.41 Å². The standard InChI is InChI=1S/C29H36N.BF4/c1-20(2)25-13-10-14-26(21(3)4)27(25)30-19-29(7,18-28(30,5)6)24-16-15-22-11-8-9-12-23(22)17-24;2-1(3,4)5/h8-17,19-21H,18H2,1-7H3;/q+1;-1. The maximum atomic E-state index is 9.75. The number of rotatable bonds is 4. The number of halogens is 4. The van der Waals surface area contributed by atoms with Crippen LogP contribution in [0.4, 0.5) is 23.0 Å². The minimum Gasteiger partial charge on any atom is -0.418 e. The topological polar surface area (TPSA) is 3.01 Å². The first kappa shape index (κ1) is 27.0. The van der Waals surface area contributed by atoms with Crippen LogP contribution in [0.2, 0.25) is 0 Å². The van der Waals surface area contributed by atoms with Crippen molar-refractivity contribution in [3.05, 3.63) is 77.4 Å². The highest BCUT2D eigenvalue weighted by atomic mass is 19.5. The van der Waals surface area contributed by atoms with E-state index in [-0.39, 0.29) is 11.0 Å². The molecule has 0 fully saturated rings. The molecule has 3 aromatic carbocycles. The SMILES string of the molecule is CC(C)c1cccc(C(C)C)c1[N+]1=CC(C)(c2ccc3ccccc3c2)CC1(C)C.F[B-](F)(F)F. The Balaban J connectivity index is 0.000000623. The smallest absolute Gasteiger partial charge is 0.418 e. The van der Waals surface area contributed by atoms with Crippen LogP contribution in [0.1, 0.15) is 83.4 Å². The van der Waals surface area contributed by atoms with Gasteiger partial charge in [-0.1, -0.05) is 88.4 Å². The summed E-state index contributed by atoms with van der Waals surface area (Å²) in [7, 11) is -6.00. The van der Waals surface area contributed by atoms with E-state index in [9.17, 15) is 17.3 Å². The van der Waals surface area contributed by atoms with Crippen molar-refractivity contribution in [2.75, 3.05) is 0 Å².